The van der Waals surface area contributed by atoms with Crippen molar-refractivity contribution in [2.45, 2.75) is 51.9 Å². The maximum Gasteiger partial charge on any atom is 0.263 e. The van der Waals surface area contributed by atoms with E-state index >= 15 is 0 Å². The summed E-state index contributed by atoms with van der Waals surface area (Å²) in [4.78, 5) is 31.8. The summed E-state index contributed by atoms with van der Waals surface area (Å²) < 4.78 is 0. The van der Waals surface area contributed by atoms with Gasteiger partial charge in [-0.2, -0.15) is 0 Å². The van der Waals surface area contributed by atoms with Crippen LogP contribution in [0.1, 0.15) is 59.1 Å². The summed E-state index contributed by atoms with van der Waals surface area (Å²) >= 11 is 1.66. The second kappa shape index (κ2) is 7.10. The summed E-state index contributed by atoms with van der Waals surface area (Å²) in [5.41, 5.74) is 1.25. The van der Waals surface area contributed by atoms with Gasteiger partial charge in [-0.25, -0.2) is 0 Å². The van der Waals surface area contributed by atoms with Gasteiger partial charge in [0.05, 0.1) is 4.88 Å². The highest BCUT2D eigenvalue weighted by atomic mass is 32.1. The van der Waals surface area contributed by atoms with E-state index in [1.54, 1.807) is 11.3 Å². The minimum atomic E-state index is 0.116. The number of piperidine rings is 1. The Morgan fingerprint density at radius 2 is 1.76 bits per heavy atom. The number of fused-ring (bicyclic) bond motifs is 1. The molecule has 0 unspecified atom stereocenters. The fraction of sp³-hybridized carbons (Fsp3) is 0.700. The van der Waals surface area contributed by atoms with Gasteiger partial charge < -0.3 is 9.80 Å². The van der Waals surface area contributed by atoms with Crippen LogP contribution in [0.25, 0.3) is 0 Å². The van der Waals surface area contributed by atoms with Crippen LogP contribution in [0.4, 0.5) is 0 Å². The Hall–Kier alpha value is -1.36. The molecular formula is C20H28N2O2S. The topological polar surface area (TPSA) is 40.6 Å². The third kappa shape index (κ3) is 3.48. The predicted octanol–water partition coefficient (Wildman–Crippen LogP) is 3.35. The van der Waals surface area contributed by atoms with E-state index in [2.05, 4.69) is 17.9 Å². The smallest absolute Gasteiger partial charge is 0.263 e. The molecule has 3 heterocycles. The van der Waals surface area contributed by atoms with Gasteiger partial charge in [0.2, 0.25) is 5.91 Å². The van der Waals surface area contributed by atoms with Crippen LogP contribution in [-0.2, 0) is 17.6 Å². The minimum Gasteiger partial charge on any atom is -0.342 e. The molecule has 2 saturated heterocycles. The molecule has 5 heteroatoms. The normalized spacial score (nSPS) is 24.4. The summed E-state index contributed by atoms with van der Waals surface area (Å²) in [5, 5.41) is 0. The quantitative estimate of drug-likeness (QED) is 0.811. The molecule has 0 aromatic carbocycles. The molecule has 25 heavy (non-hydrogen) atoms. The second-order valence-corrected chi connectivity index (χ2v) is 9.14. The summed E-state index contributed by atoms with van der Waals surface area (Å²) in [6, 6.07) is 2.08. The van der Waals surface area contributed by atoms with Crippen LogP contribution < -0.4 is 0 Å². The van der Waals surface area contributed by atoms with E-state index in [0.29, 0.717) is 5.91 Å². The van der Waals surface area contributed by atoms with Crippen LogP contribution in [0.15, 0.2) is 6.07 Å². The molecule has 0 bridgehead atoms. The fourth-order valence-corrected chi connectivity index (χ4v) is 5.58. The van der Waals surface area contributed by atoms with E-state index in [9.17, 15) is 9.59 Å². The number of nitrogens with zero attached hydrogens (tertiary/aromatic N) is 2. The average Bonchev–Trinajstić information content (AvgIpc) is 3.30. The van der Waals surface area contributed by atoms with Gasteiger partial charge in [-0.05, 0) is 62.5 Å². The molecule has 3 aliphatic rings. The maximum atomic E-state index is 12.9. The zero-order valence-electron chi connectivity index (χ0n) is 15.1. The highest BCUT2D eigenvalue weighted by Gasteiger charge is 2.32. The molecule has 136 valence electrons. The molecule has 1 aliphatic carbocycles. The lowest BCUT2D eigenvalue weighted by Gasteiger charge is -2.34. The number of hydrogen-bond acceptors (Lipinski definition) is 3. The number of amides is 2. The molecule has 4 rings (SSSR count). The largest absolute Gasteiger partial charge is 0.342 e. The number of likely N-dealkylation sites (tertiary alicyclic amines) is 2. The molecule has 0 saturated carbocycles. The van der Waals surface area contributed by atoms with Gasteiger partial charge in [-0.1, -0.05) is 6.92 Å². The van der Waals surface area contributed by atoms with Crippen molar-refractivity contribution in [2.24, 2.45) is 11.8 Å². The SMILES string of the molecule is CC1CCN(C(=O)[C@H]2CCc3sc(C(=O)N4CCCC4)cc3C2)CC1. The van der Waals surface area contributed by atoms with Gasteiger partial charge in [0.1, 0.15) is 0 Å². The molecule has 0 radical (unpaired) electrons. The zero-order chi connectivity index (χ0) is 17.4. The first-order valence-electron chi connectivity index (χ1n) is 9.81. The molecule has 4 nitrogen and oxygen atoms in total. The van der Waals surface area contributed by atoms with Crippen molar-refractivity contribution in [3.8, 4) is 0 Å². The Morgan fingerprint density at radius 1 is 1.04 bits per heavy atom. The number of rotatable bonds is 2. The lowest BCUT2D eigenvalue weighted by atomic mass is 9.86. The maximum absolute atomic E-state index is 12.9. The van der Waals surface area contributed by atoms with E-state index in [-0.39, 0.29) is 11.8 Å². The first kappa shape index (κ1) is 17.1. The highest BCUT2D eigenvalue weighted by Crippen LogP contribution is 2.34. The van der Waals surface area contributed by atoms with Crippen molar-refractivity contribution >= 4 is 23.2 Å². The molecule has 2 amide bonds. The number of thiophene rings is 1. The van der Waals surface area contributed by atoms with Gasteiger partial charge in [-0.15, -0.1) is 11.3 Å². The number of hydrogen-bond donors (Lipinski definition) is 0. The summed E-state index contributed by atoms with van der Waals surface area (Å²) in [6.45, 7) is 5.92. The Bertz CT molecular complexity index is 655. The first-order chi connectivity index (χ1) is 12.1. The van der Waals surface area contributed by atoms with Crippen molar-refractivity contribution in [3.63, 3.8) is 0 Å². The lowest BCUT2D eigenvalue weighted by Crippen LogP contribution is -2.42. The van der Waals surface area contributed by atoms with Crippen molar-refractivity contribution in [3.05, 3.63) is 21.4 Å². The van der Waals surface area contributed by atoms with Crippen LogP contribution in [0.3, 0.4) is 0 Å². The summed E-state index contributed by atoms with van der Waals surface area (Å²) in [6.07, 6.45) is 7.24. The van der Waals surface area contributed by atoms with Crippen molar-refractivity contribution in [2.75, 3.05) is 26.2 Å². The lowest BCUT2D eigenvalue weighted by molar-refractivity contribution is -0.137. The van der Waals surface area contributed by atoms with Crippen LogP contribution in [0.2, 0.25) is 0 Å². The van der Waals surface area contributed by atoms with Crippen LogP contribution in [0.5, 0.6) is 0 Å². The Morgan fingerprint density at radius 3 is 2.48 bits per heavy atom. The Balaban J connectivity index is 1.42. The van der Waals surface area contributed by atoms with Gasteiger partial charge in [0.25, 0.3) is 5.91 Å². The molecule has 1 atom stereocenters. The molecule has 1 aromatic heterocycles. The van der Waals surface area contributed by atoms with Crippen LogP contribution in [-0.4, -0.2) is 47.8 Å². The van der Waals surface area contributed by atoms with Gasteiger partial charge in [0, 0.05) is 37.0 Å². The van der Waals surface area contributed by atoms with E-state index in [1.807, 2.05) is 4.90 Å². The van der Waals surface area contributed by atoms with E-state index in [0.717, 1.165) is 81.9 Å². The Labute approximate surface area is 154 Å². The van der Waals surface area contributed by atoms with Crippen molar-refractivity contribution < 1.29 is 9.59 Å². The summed E-state index contributed by atoms with van der Waals surface area (Å²) in [7, 11) is 0. The average molecular weight is 361 g/mol. The minimum absolute atomic E-state index is 0.116. The van der Waals surface area contributed by atoms with Crippen molar-refractivity contribution in [1.29, 1.82) is 0 Å². The monoisotopic (exact) mass is 360 g/mol. The molecule has 0 spiro atoms. The predicted molar refractivity (Wildman–Crippen MR) is 99.9 cm³/mol. The zero-order valence-corrected chi connectivity index (χ0v) is 15.9. The van der Waals surface area contributed by atoms with Gasteiger partial charge >= 0.3 is 0 Å². The third-order valence-electron chi connectivity index (χ3n) is 6.13. The second-order valence-electron chi connectivity index (χ2n) is 8.01. The fourth-order valence-electron chi connectivity index (χ4n) is 4.40. The molecule has 0 N–H and O–H groups in total. The summed E-state index contributed by atoms with van der Waals surface area (Å²) in [5.74, 6) is 1.41. The Kier molecular flexibility index (Phi) is 4.85. The van der Waals surface area contributed by atoms with Crippen molar-refractivity contribution in [1.82, 2.24) is 9.80 Å². The van der Waals surface area contributed by atoms with Crippen LogP contribution >= 0.6 is 11.3 Å². The van der Waals surface area contributed by atoms with Crippen LogP contribution in [0, 0.1) is 11.8 Å². The van der Waals surface area contributed by atoms with Gasteiger partial charge in [-0.3, -0.25) is 9.59 Å². The van der Waals surface area contributed by atoms with E-state index < -0.39 is 0 Å². The number of aryl methyl sites for hydroxylation is 1. The number of carbonyl (C=O) groups is 2. The highest BCUT2D eigenvalue weighted by molar-refractivity contribution is 7.14. The standard InChI is InChI=1S/C20H28N2O2S/c1-14-6-10-22(11-7-14)19(23)15-4-5-17-16(12-15)13-18(25-17)20(24)21-8-2-3-9-21/h13-15H,2-12H2,1H3/t15-/m0/s1. The number of carbonyl (C=O) groups excluding carboxylic acids is 2. The van der Waals surface area contributed by atoms with E-state index in [1.165, 1.54) is 10.4 Å². The molecule has 2 fully saturated rings. The molecule has 1 aromatic rings. The third-order valence-corrected chi connectivity index (χ3v) is 7.36. The molecule has 2 aliphatic heterocycles. The van der Waals surface area contributed by atoms with Gasteiger partial charge in [0.15, 0.2) is 0 Å². The first-order valence-corrected chi connectivity index (χ1v) is 10.6. The van der Waals surface area contributed by atoms with E-state index in [4.69, 9.17) is 0 Å². The molecular weight excluding hydrogens is 332 g/mol.